The van der Waals surface area contributed by atoms with Crippen molar-refractivity contribution in [2.75, 3.05) is 26.7 Å². The van der Waals surface area contributed by atoms with Crippen LogP contribution in [0.25, 0.3) is 10.8 Å². The molecule has 34 heavy (non-hydrogen) atoms. The third-order valence-corrected chi connectivity index (χ3v) is 6.41. The van der Waals surface area contributed by atoms with Crippen molar-refractivity contribution >= 4 is 16.7 Å². The maximum Gasteiger partial charge on any atom is 0.274 e. The van der Waals surface area contributed by atoms with Crippen LogP contribution in [-0.2, 0) is 6.54 Å². The quantitative estimate of drug-likeness (QED) is 0.547. The number of ether oxygens (including phenoxy) is 1. The second-order valence-corrected chi connectivity index (χ2v) is 9.34. The van der Waals surface area contributed by atoms with Gasteiger partial charge in [-0.05, 0) is 44.0 Å². The minimum absolute atomic E-state index is 0.00627. The van der Waals surface area contributed by atoms with Crippen LogP contribution in [0.15, 0.2) is 53.3 Å². The predicted molar refractivity (Wildman–Crippen MR) is 134 cm³/mol. The van der Waals surface area contributed by atoms with Crippen LogP contribution in [0.2, 0.25) is 0 Å². The van der Waals surface area contributed by atoms with Crippen molar-refractivity contribution in [2.45, 2.75) is 45.7 Å². The summed E-state index contributed by atoms with van der Waals surface area (Å²) in [5.41, 5.74) is 1.18. The number of methoxy groups -OCH3 is 1. The molecule has 0 spiro atoms. The van der Waals surface area contributed by atoms with Crippen molar-refractivity contribution in [3.63, 3.8) is 0 Å². The number of hydrogen-bond donors (Lipinski definition) is 1. The van der Waals surface area contributed by atoms with Gasteiger partial charge in [0.2, 0.25) is 0 Å². The summed E-state index contributed by atoms with van der Waals surface area (Å²) in [7, 11) is 1.68. The van der Waals surface area contributed by atoms with E-state index in [4.69, 9.17) is 4.74 Å². The molecule has 1 unspecified atom stereocenters. The summed E-state index contributed by atoms with van der Waals surface area (Å²) in [4.78, 5) is 28.8. The average Bonchev–Trinajstić information content (AvgIpc) is 2.86. The zero-order valence-electron chi connectivity index (χ0n) is 20.3. The third kappa shape index (κ3) is 5.14. The molecule has 1 aromatic heterocycles. The van der Waals surface area contributed by atoms with Crippen molar-refractivity contribution in [3.05, 3.63) is 70.1 Å². The molecular weight excluding hydrogens is 428 g/mol. The van der Waals surface area contributed by atoms with E-state index in [0.29, 0.717) is 23.9 Å². The molecule has 2 aromatic carbocycles. The standard InChI is InChI=1S/C27H34N4O3/c1-19(2)18-31-27(33)21-12-6-5-11-20(21)25(29-31)26(32)28-17-23(30-15-9-4-10-16-30)22-13-7-8-14-24(22)34-3/h5-8,11-14,19,23H,4,9-10,15-18H2,1-3H3,(H,28,32). The molecule has 0 saturated carbocycles. The number of amides is 1. The molecule has 4 rings (SSSR count). The first-order valence-electron chi connectivity index (χ1n) is 12.1. The van der Waals surface area contributed by atoms with Gasteiger partial charge in [0, 0.05) is 24.0 Å². The molecule has 7 nitrogen and oxygen atoms in total. The number of carbonyl (C=O) groups excluding carboxylic acids is 1. The van der Waals surface area contributed by atoms with Crippen LogP contribution >= 0.6 is 0 Å². The van der Waals surface area contributed by atoms with Crippen molar-refractivity contribution < 1.29 is 9.53 Å². The van der Waals surface area contributed by atoms with E-state index in [9.17, 15) is 9.59 Å². The van der Waals surface area contributed by atoms with Crippen LogP contribution < -0.4 is 15.6 Å². The molecule has 180 valence electrons. The number of nitrogens with one attached hydrogen (secondary N) is 1. The number of likely N-dealkylation sites (tertiary alicyclic amines) is 1. The number of piperidine rings is 1. The number of rotatable bonds is 8. The SMILES string of the molecule is COc1ccccc1C(CNC(=O)c1nn(CC(C)C)c(=O)c2ccccc12)N1CCCCC1. The molecule has 3 aromatic rings. The molecule has 1 aliphatic rings. The van der Waals surface area contributed by atoms with Gasteiger partial charge in [-0.2, -0.15) is 5.10 Å². The number of hydrogen-bond acceptors (Lipinski definition) is 5. The highest BCUT2D eigenvalue weighted by molar-refractivity contribution is 6.04. The fourth-order valence-corrected chi connectivity index (χ4v) is 4.75. The Labute approximate surface area is 200 Å². The molecule has 0 radical (unpaired) electrons. The van der Waals surface area contributed by atoms with Gasteiger partial charge in [-0.25, -0.2) is 4.68 Å². The lowest BCUT2D eigenvalue weighted by molar-refractivity contribution is 0.0917. The van der Waals surface area contributed by atoms with Crippen LogP contribution in [-0.4, -0.2) is 47.3 Å². The second kappa shape index (κ2) is 10.8. The number of carbonyl (C=O) groups is 1. The molecular formula is C27H34N4O3. The van der Waals surface area contributed by atoms with Gasteiger partial charge in [0.25, 0.3) is 11.5 Å². The van der Waals surface area contributed by atoms with Crippen molar-refractivity contribution in [1.29, 1.82) is 0 Å². The van der Waals surface area contributed by atoms with Gasteiger partial charge < -0.3 is 10.1 Å². The first-order chi connectivity index (χ1) is 16.5. The van der Waals surface area contributed by atoms with E-state index in [0.717, 1.165) is 37.2 Å². The Kier molecular flexibility index (Phi) is 7.63. The number of nitrogens with zero attached hydrogens (tertiary/aromatic N) is 3. The number of para-hydroxylation sites is 1. The molecule has 0 bridgehead atoms. The van der Waals surface area contributed by atoms with Crippen LogP contribution in [0.5, 0.6) is 5.75 Å². The van der Waals surface area contributed by atoms with E-state index >= 15 is 0 Å². The Morgan fingerprint density at radius 2 is 1.71 bits per heavy atom. The van der Waals surface area contributed by atoms with E-state index in [1.165, 1.54) is 11.1 Å². The summed E-state index contributed by atoms with van der Waals surface area (Å²) >= 11 is 0. The van der Waals surface area contributed by atoms with E-state index in [-0.39, 0.29) is 29.1 Å². The summed E-state index contributed by atoms with van der Waals surface area (Å²) in [5, 5.41) is 8.71. The number of fused-ring (bicyclic) bond motifs is 1. The van der Waals surface area contributed by atoms with E-state index in [1.807, 2.05) is 44.2 Å². The van der Waals surface area contributed by atoms with Crippen molar-refractivity contribution in [3.8, 4) is 5.75 Å². The van der Waals surface area contributed by atoms with Gasteiger partial charge in [-0.1, -0.05) is 56.7 Å². The van der Waals surface area contributed by atoms with E-state index < -0.39 is 0 Å². The molecule has 1 aliphatic heterocycles. The van der Waals surface area contributed by atoms with Gasteiger partial charge in [-0.3, -0.25) is 14.5 Å². The first-order valence-corrected chi connectivity index (χ1v) is 12.1. The van der Waals surface area contributed by atoms with E-state index in [2.05, 4.69) is 21.4 Å². The molecule has 1 saturated heterocycles. The summed E-state index contributed by atoms with van der Waals surface area (Å²) in [6, 6.07) is 15.2. The van der Waals surface area contributed by atoms with Crippen molar-refractivity contribution in [1.82, 2.24) is 20.0 Å². The molecule has 7 heteroatoms. The van der Waals surface area contributed by atoms with Crippen LogP contribution in [0, 0.1) is 5.92 Å². The Morgan fingerprint density at radius 1 is 1.03 bits per heavy atom. The predicted octanol–water partition coefficient (Wildman–Crippen LogP) is 4.02. The van der Waals surface area contributed by atoms with Gasteiger partial charge >= 0.3 is 0 Å². The highest BCUT2D eigenvalue weighted by Gasteiger charge is 2.26. The topological polar surface area (TPSA) is 76.5 Å². The number of benzene rings is 2. The number of aromatic nitrogens is 2. The lowest BCUT2D eigenvalue weighted by atomic mass is 10.0. The lowest BCUT2D eigenvalue weighted by Gasteiger charge is -2.35. The Balaban J connectivity index is 1.65. The average molecular weight is 463 g/mol. The summed E-state index contributed by atoms with van der Waals surface area (Å²) in [6.45, 7) is 6.91. The van der Waals surface area contributed by atoms with Gasteiger partial charge in [0.1, 0.15) is 5.75 Å². The van der Waals surface area contributed by atoms with Gasteiger partial charge in [-0.15, -0.1) is 0 Å². The molecule has 2 heterocycles. The van der Waals surface area contributed by atoms with Crippen LogP contribution in [0.1, 0.15) is 55.2 Å². The zero-order chi connectivity index (χ0) is 24.1. The molecule has 1 fully saturated rings. The minimum atomic E-state index is -0.273. The minimum Gasteiger partial charge on any atom is -0.496 e. The van der Waals surface area contributed by atoms with Crippen LogP contribution in [0.4, 0.5) is 0 Å². The molecule has 1 amide bonds. The monoisotopic (exact) mass is 462 g/mol. The zero-order valence-corrected chi connectivity index (χ0v) is 20.3. The first kappa shape index (κ1) is 24.0. The van der Waals surface area contributed by atoms with Gasteiger partial charge in [0.05, 0.1) is 18.5 Å². The maximum atomic E-state index is 13.4. The van der Waals surface area contributed by atoms with Crippen LogP contribution in [0.3, 0.4) is 0 Å². The van der Waals surface area contributed by atoms with Crippen molar-refractivity contribution in [2.24, 2.45) is 5.92 Å². The summed E-state index contributed by atoms with van der Waals surface area (Å²) in [5.74, 6) is 0.781. The largest absolute Gasteiger partial charge is 0.496 e. The Morgan fingerprint density at radius 3 is 2.41 bits per heavy atom. The fourth-order valence-electron chi connectivity index (χ4n) is 4.75. The Hall–Kier alpha value is -3.19. The van der Waals surface area contributed by atoms with Gasteiger partial charge in [0.15, 0.2) is 5.69 Å². The fraction of sp³-hybridized carbons (Fsp3) is 0.444. The molecule has 0 aliphatic carbocycles. The highest BCUT2D eigenvalue weighted by atomic mass is 16.5. The molecule has 1 atom stereocenters. The highest BCUT2D eigenvalue weighted by Crippen LogP contribution is 2.31. The normalized spacial score (nSPS) is 15.4. The smallest absolute Gasteiger partial charge is 0.274 e. The maximum absolute atomic E-state index is 13.4. The lowest BCUT2D eigenvalue weighted by Crippen LogP contribution is -2.41. The second-order valence-electron chi connectivity index (χ2n) is 9.34. The molecule has 1 N–H and O–H groups in total. The Bertz CT molecular complexity index is 1200. The summed E-state index contributed by atoms with van der Waals surface area (Å²) in [6.07, 6.45) is 3.52. The van der Waals surface area contributed by atoms with E-state index in [1.54, 1.807) is 19.2 Å². The summed E-state index contributed by atoms with van der Waals surface area (Å²) < 4.78 is 7.06. The third-order valence-electron chi connectivity index (χ3n) is 6.41.